The van der Waals surface area contributed by atoms with E-state index in [1.807, 2.05) is 0 Å². The van der Waals surface area contributed by atoms with Gasteiger partial charge in [-0.15, -0.1) is 0 Å². The Balaban J connectivity index is 1.66. The maximum absolute atomic E-state index is 13.1. The number of hydrogen-bond acceptors (Lipinski definition) is 3. The Morgan fingerprint density at radius 3 is 2.38 bits per heavy atom. The average Bonchev–Trinajstić information content (AvgIpc) is 2.64. The minimum atomic E-state index is -0.484. The second kappa shape index (κ2) is 8.25. The van der Waals surface area contributed by atoms with Gasteiger partial charge in [-0.05, 0) is 72.3 Å². The molecule has 0 aliphatic rings. The Labute approximate surface area is 163 Å². The molecule has 0 saturated carbocycles. The van der Waals surface area contributed by atoms with Crippen molar-refractivity contribution in [1.29, 1.82) is 0 Å². The van der Waals surface area contributed by atoms with Crippen molar-refractivity contribution in [2.45, 2.75) is 0 Å². The van der Waals surface area contributed by atoms with Crippen LogP contribution >= 0.6 is 27.5 Å². The summed E-state index contributed by atoms with van der Waals surface area (Å²) in [5.41, 5.74) is 1.81. The maximum Gasteiger partial charge on any atom is 0.343 e. The first-order chi connectivity index (χ1) is 12.5. The van der Waals surface area contributed by atoms with E-state index < -0.39 is 11.8 Å². The van der Waals surface area contributed by atoms with Gasteiger partial charge in [0.05, 0.1) is 16.3 Å². The molecule has 0 bridgehead atoms. The third-order valence-corrected chi connectivity index (χ3v) is 4.25. The molecule has 0 saturated heterocycles. The third kappa shape index (κ3) is 4.77. The molecule has 0 unspecified atom stereocenters. The number of esters is 1. The minimum Gasteiger partial charge on any atom is -0.423 e. The molecule has 0 aliphatic carbocycles. The fourth-order valence-corrected chi connectivity index (χ4v) is 2.53. The number of rotatable bonds is 4. The number of halogens is 3. The summed E-state index contributed by atoms with van der Waals surface area (Å²) in [7, 11) is 0. The van der Waals surface area contributed by atoms with Crippen molar-refractivity contribution in [2.24, 2.45) is 4.99 Å². The van der Waals surface area contributed by atoms with E-state index in [-0.39, 0.29) is 5.02 Å². The number of ether oxygens (including phenoxy) is 1. The topological polar surface area (TPSA) is 38.7 Å². The van der Waals surface area contributed by atoms with Crippen LogP contribution in [0.3, 0.4) is 0 Å². The average molecular weight is 433 g/mol. The number of nitrogens with zero attached hydrogens (tertiary/aromatic N) is 1. The minimum absolute atomic E-state index is 0.0230. The standard InChI is InChI=1S/C20H12BrClFNO2/c21-15-5-3-14(4-6-15)20(25)26-17-8-1-13(2-9-17)12-24-16-7-10-19(23)18(22)11-16/h1-12H. The first-order valence-corrected chi connectivity index (χ1v) is 8.75. The summed E-state index contributed by atoms with van der Waals surface area (Å²) >= 11 is 9.04. The molecule has 26 heavy (non-hydrogen) atoms. The van der Waals surface area contributed by atoms with Crippen molar-refractivity contribution < 1.29 is 13.9 Å². The van der Waals surface area contributed by atoms with Crippen molar-refractivity contribution in [3.63, 3.8) is 0 Å². The Hall–Kier alpha value is -2.50. The highest BCUT2D eigenvalue weighted by Crippen LogP contribution is 2.22. The van der Waals surface area contributed by atoms with Crippen LogP contribution in [0.15, 0.2) is 76.2 Å². The molecule has 3 aromatic rings. The smallest absolute Gasteiger partial charge is 0.343 e. The van der Waals surface area contributed by atoms with Gasteiger partial charge in [0.25, 0.3) is 0 Å². The number of aliphatic imine (C=N–C) groups is 1. The highest BCUT2D eigenvalue weighted by molar-refractivity contribution is 9.10. The van der Waals surface area contributed by atoms with E-state index in [4.69, 9.17) is 16.3 Å². The van der Waals surface area contributed by atoms with Crippen LogP contribution in [0.4, 0.5) is 10.1 Å². The second-order valence-corrected chi connectivity index (χ2v) is 6.64. The molecule has 0 aromatic heterocycles. The van der Waals surface area contributed by atoms with Crippen molar-refractivity contribution >= 4 is 45.4 Å². The van der Waals surface area contributed by atoms with Gasteiger partial charge in [0.2, 0.25) is 0 Å². The number of hydrogen-bond donors (Lipinski definition) is 0. The Morgan fingerprint density at radius 2 is 1.73 bits per heavy atom. The van der Waals surface area contributed by atoms with Gasteiger partial charge in [-0.2, -0.15) is 0 Å². The molecule has 0 radical (unpaired) electrons. The van der Waals surface area contributed by atoms with E-state index >= 15 is 0 Å². The van der Waals surface area contributed by atoms with E-state index in [1.54, 1.807) is 54.7 Å². The number of carbonyl (C=O) groups excluding carboxylic acids is 1. The molecule has 0 heterocycles. The van der Waals surface area contributed by atoms with Crippen LogP contribution in [0, 0.1) is 5.82 Å². The fraction of sp³-hybridized carbons (Fsp3) is 0. The lowest BCUT2D eigenvalue weighted by atomic mass is 10.2. The predicted octanol–water partition coefficient (Wildman–Crippen LogP) is 6.21. The van der Waals surface area contributed by atoms with E-state index in [9.17, 15) is 9.18 Å². The van der Waals surface area contributed by atoms with Crippen molar-refractivity contribution in [2.75, 3.05) is 0 Å². The molecule has 3 nitrogen and oxygen atoms in total. The van der Waals surface area contributed by atoms with Gasteiger partial charge in [-0.3, -0.25) is 4.99 Å². The molecular formula is C20H12BrClFNO2. The van der Waals surface area contributed by atoms with E-state index in [1.165, 1.54) is 18.2 Å². The van der Waals surface area contributed by atoms with Gasteiger partial charge in [0.15, 0.2) is 0 Å². The summed E-state index contributed by atoms with van der Waals surface area (Å²) in [5.74, 6) is -0.484. The van der Waals surface area contributed by atoms with E-state index in [0.29, 0.717) is 17.0 Å². The van der Waals surface area contributed by atoms with Crippen LogP contribution in [0.2, 0.25) is 5.02 Å². The van der Waals surface area contributed by atoms with E-state index in [0.717, 1.165) is 10.0 Å². The van der Waals surface area contributed by atoms with Gasteiger partial charge in [0.1, 0.15) is 11.6 Å². The summed E-state index contributed by atoms with van der Waals surface area (Å²) in [5, 5.41) is 0.0230. The van der Waals surface area contributed by atoms with E-state index in [2.05, 4.69) is 20.9 Å². The van der Waals surface area contributed by atoms with Gasteiger partial charge >= 0.3 is 5.97 Å². The largest absolute Gasteiger partial charge is 0.423 e. The highest BCUT2D eigenvalue weighted by atomic mass is 79.9. The Bertz CT molecular complexity index is 957. The van der Waals surface area contributed by atoms with Crippen molar-refractivity contribution in [3.8, 4) is 5.75 Å². The second-order valence-electron chi connectivity index (χ2n) is 5.32. The van der Waals surface area contributed by atoms with Crippen LogP contribution in [0.25, 0.3) is 0 Å². The number of benzene rings is 3. The third-order valence-electron chi connectivity index (χ3n) is 3.44. The van der Waals surface area contributed by atoms with Crippen LogP contribution in [0.1, 0.15) is 15.9 Å². The SMILES string of the molecule is O=C(Oc1ccc(C=Nc2ccc(F)c(Cl)c2)cc1)c1ccc(Br)cc1. The van der Waals surface area contributed by atoms with Crippen molar-refractivity contribution in [3.05, 3.63) is 93.2 Å². The lowest BCUT2D eigenvalue weighted by Crippen LogP contribution is -2.08. The fourth-order valence-electron chi connectivity index (χ4n) is 2.09. The predicted molar refractivity (Wildman–Crippen MR) is 104 cm³/mol. The van der Waals surface area contributed by atoms with Crippen LogP contribution in [-0.2, 0) is 0 Å². The maximum atomic E-state index is 13.1. The zero-order chi connectivity index (χ0) is 18.5. The van der Waals surface area contributed by atoms with Gasteiger partial charge in [0, 0.05) is 10.7 Å². The first-order valence-electron chi connectivity index (χ1n) is 7.58. The quantitative estimate of drug-likeness (QED) is 0.279. The zero-order valence-electron chi connectivity index (χ0n) is 13.3. The summed E-state index contributed by atoms with van der Waals surface area (Å²) in [6.45, 7) is 0. The zero-order valence-corrected chi connectivity index (χ0v) is 15.7. The molecule has 0 N–H and O–H groups in total. The van der Waals surface area contributed by atoms with Crippen LogP contribution in [0.5, 0.6) is 5.75 Å². The number of carbonyl (C=O) groups is 1. The Kier molecular flexibility index (Phi) is 5.81. The normalized spacial score (nSPS) is 10.9. The van der Waals surface area contributed by atoms with Gasteiger partial charge in [-0.25, -0.2) is 9.18 Å². The monoisotopic (exact) mass is 431 g/mol. The highest BCUT2D eigenvalue weighted by Gasteiger charge is 2.08. The summed E-state index contributed by atoms with van der Waals surface area (Å²) in [6, 6.07) is 18.0. The molecule has 3 rings (SSSR count). The summed E-state index contributed by atoms with van der Waals surface area (Å²) in [6.07, 6.45) is 1.61. The van der Waals surface area contributed by atoms with Gasteiger partial charge < -0.3 is 4.74 Å². The lowest BCUT2D eigenvalue weighted by Gasteiger charge is -2.04. The molecular weight excluding hydrogens is 421 g/mol. The molecule has 0 aliphatic heterocycles. The molecule has 130 valence electrons. The summed E-state index contributed by atoms with van der Waals surface area (Å²) in [4.78, 5) is 16.3. The van der Waals surface area contributed by atoms with Gasteiger partial charge in [-0.1, -0.05) is 27.5 Å². The molecule has 0 fully saturated rings. The Morgan fingerprint density at radius 1 is 1.04 bits per heavy atom. The molecule has 6 heteroatoms. The molecule has 3 aromatic carbocycles. The molecule has 0 amide bonds. The van der Waals surface area contributed by atoms with Crippen LogP contribution in [-0.4, -0.2) is 12.2 Å². The van der Waals surface area contributed by atoms with Crippen LogP contribution < -0.4 is 4.74 Å². The molecule has 0 spiro atoms. The lowest BCUT2D eigenvalue weighted by molar-refractivity contribution is 0.0734. The summed E-state index contributed by atoms with van der Waals surface area (Å²) < 4.78 is 19.3. The first kappa shape index (κ1) is 18.3. The molecule has 0 atom stereocenters. The van der Waals surface area contributed by atoms with Crippen molar-refractivity contribution in [1.82, 2.24) is 0 Å².